The molecule has 4 aromatic rings. The van der Waals surface area contributed by atoms with Gasteiger partial charge in [0.1, 0.15) is 0 Å². The molecular formula is C18H10S4. The molecule has 0 radical (unpaired) electrons. The van der Waals surface area contributed by atoms with E-state index < -0.39 is 0 Å². The molecule has 106 valence electrons. The van der Waals surface area contributed by atoms with E-state index in [1.54, 1.807) is 0 Å². The summed E-state index contributed by atoms with van der Waals surface area (Å²) in [5.41, 5.74) is 4.16. The Labute approximate surface area is 144 Å². The normalized spacial score (nSPS) is 13.1. The molecule has 0 N–H and O–H groups in total. The van der Waals surface area contributed by atoms with Gasteiger partial charge in [0.2, 0.25) is 0 Å². The molecule has 0 aliphatic carbocycles. The van der Waals surface area contributed by atoms with Crippen LogP contribution in [0.15, 0.2) is 69.1 Å². The van der Waals surface area contributed by atoms with E-state index in [4.69, 9.17) is 0 Å². The third-order valence-corrected chi connectivity index (χ3v) is 8.47. The Balaban J connectivity index is 1.75. The summed E-state index contributed by atoms with van der Waals surface area (Å²) >= 11 is 3.71. The second kappa shape index (κ2) is 5.17. The molecule has 22 heavy (non-hydrogen) atoms. The molecule has 1 aliphatic rings. The van der Waals surface area contributed by atoms with Crippen molar-refractivity contribution in [3.63, 3.8) is 0 Å². The molecular weight excluding hydrogens is 344 g/mol. The minimum absolute atomic E-state index is 1.37. The standard InChI is InChI=1S/C18H10S4/c1-3-7-15-11(5-1)13(9-19-15)17-18-14(10-20-17)12-6-2-4-8-16(12)21-22-18/h1-10H. The predicted molar refractivity (Wildman–Crippen MR) is 102 cm³/mol. The lowest BCUT2D eigenvalue weighted by Crippen LogP contribution is -1.86. The molecule has 2 aromatic carbocycles. The molecule has 0 fully saturated rings. The monoisotopic (exact) mass is 354 g/mol. The largest absolute Gasteiger partial charge is 0.143 e. The fourth-order valence-electron chi connectivity index (χ4n) is 2.80. The summed E-state index contributed by atoms with van der Waals surface area (Å²) < 4.78 is 1.37. The average Bonchev–Trinajstić information content (AvgIpc) is 3.18. The minimum atomic E-state index is 1.37. The summed E-state index contributed by atoms with van der Waals surface area (Å²) in [6.07, 6.45) is 0. The summed E-state index contributed by atoms with van der Waals surface area (Å²) in [5.74, 6) is 0. The van der Waals surface area contributed by atoms with Crippen molar-refractivity contribution in [2.45, 2.75) is 9.79 Å². The van der Waals surface area contributed by atoms with E-state index in [0.717, 1.165) is 0 Å². The molecule has 0 bridgehead atoms. The van der Waals surface area contributed by atoms with Crippen molar-refractivity contribution in [1.82, 2.24) is 0 Å². The van der Waals surface area contributed by atoms with Gasteiger partial charge in [-0.15, -0.1) is 22.7 Å². The first-order valence-corrected chi connectivity index (χ1v) is 10.8. The van der Waals surface area contributed by atoms with Crippen molar-refractivity contribution < 1.29 is 0 Å². The van der Waals surface area contributed by atoms with Crippen molar-refractivity contribution in [3.8, 4) is 21.6 Å². The molecule has 0 unspecified atom stereocenters. The lowest BCUT2D eigenvalue weighted by Gasteiger charge is -2.15. The van der Waals surface area contributed by atoms with Gasteiger partial charge >= 0.3 is 0 Å². The van der Waals surface area contributed by atoms with Gasteiger partial charge in [-0.1, -0.05) is 58.0 Å². The number of rotatable bonds is 1. The van der Waals surface area contributed by atoms with Gasteiger partial charge < -0.3 is 0 Å². The Morgan fingerprint density at radius 1 is 0.636 bits per heavy atom. The van der Waals surface area contributed by atoms with E-state index in [0.29, 0.717) is 0 Å². The number of thiophene rings is 2. The maximum Gasteiger partial charge on any atom is 0.0508 e. The van der Waals surface area contributed by atoms with Gasteiger partial charge in [0, 0.05) is 41.8 Å². The Kier molecular flexibility index (Phi) is 3.11. The Hall–Kier alpha value is -1.20. The van der Waals surface area contributed by atoms with Crippen LogP contribution in [-0.2, 0) is 0 Å². The molecule has 0 amide bonds. The zero-order valence-corrected chi connectivity index (χ0v) is 14.7. The van der Waals surface area contributed by atoms with E-state index in [-0.39, 0.29) is 0 Å². The Morgan fingerprint density at radius 2 is 1.45 bits per heavy atom. The van der Waals surface area contributed by atoms with Crippen molar-refractivity contribution in [2.75, 3.05) is 0 Å². The molecule has 3 heterocycles. The average molecular weight is 355 g/mol. The van der Waals surface area contributed by atoms with Crippen LogP contribution >= 0.6 is 44.3 Å². The van der Waals surface area contributed by atoms with Crippen molar-refractivity contribution in [2.24, 2.45) is 0 Å². The predicted octanol–water partition coefficient (Wildman–Crippen LogP) is 7.41. The van der Waals surface area contributed by atoms with E-state index in [2.05, 4.69) is 59.3 Å². The van der Waals surface area contributed by atoms with Gasteiger partial charge in [-0.25, -0.2) is 0 Å². The van der Waals surface area contributed by atoms with Gasteiger partial charge in [0.25, 0.3) is 0 Å². The molecule has 2 aromatic heterocycles. The SMILES string of the molecule is c1ccc2c(c1)SSc1c-2csc1-c1csc2ccccc12. The van der Waals surface area contributed by atoms with Crippen LogP contribution in [0.25, 0.3) is 31.7 Å². The van der Waals surface area contributed by atoms with Crippen LogP contribution in [0.2, 0.25) is 0 Å². The summed E-state index contributed by atoms with van der Waals surface area (Å²) in [5, 5.41) is 6.01. The molecule has 5 rings (SSSR count). The highest BCUT2D eigenvalue weighted by atomic mass is 33.1. The first-order chi connectivity index (χ1) is 10.9. The fourth-order valence-corrected chi connectivity index (χ4v) is 7.82. The lowest BCUT2D eigenvalue weighted by atomic mass is 10.1. The first-order valence-electron chi connectivity index (χ1n) is 6.94. The van der Waals surface area contributed by atoms with Crippen LogP contribution in [-0.4, -0.2) is 0 Å². The van der Waals surface area contributed by atoms with Crippen LogP contribution in [0.4, 0.5) is 0 Å². The molecule has 0 saturated heterocycles. The molecule has 4 heteroatoms. The lowest BCUT2D eigenvalue weighted by molar-refractivity contribution is 1.42. The van der Waals surface area contributed by atoms with Gasteiger partial charge in [-0.05, 0) is 17.7 Å². The van der Waals surface area contributed by atoms with E-state index in [9.17, 15) is 0 Å². The van der Waals surface area contributed by atoms with Crippen molar-refractivity contribution >= 4 is 54.3 Å². The second-order valence-electron chi connectivity index (χ2n) is 5.12. The number of fused-ring (bicyclic) bond motifs is 4. The number of benzene rings is 2. The van der Waals surface area contributed by atoms with E-state index in [1.807, 2.05) is 44.3 Å². The van der Waals surface area contributed by atoms with Gasteiger partial charge in [-0.2, -0.15) is 0 Å². The van der Waals surface area contributed by atoms with Crippen molar-refractivity contribution in [1.29, 1.82) is 0 Å². The van der Waals surface area contributed by atoms with Gasteiger partial charge in [0.05, 0.1) is 4.88 Å². The maximum atomic E-state index is 2.32. The van der Waals surface area contributed by atoms with Crippen LogP contribution in [0.1, 0.15) is 0 Å². The number of hydrogen-bond acceptors (Lipinski definition) is 4. The topological polar surface area (TPSA) is 0 Å². The summed E-state index contributed by atoms with van der Waals surface area (Å²) in [6.45, 7) is 0. The maximum absolute atomic E-state index is 2.32. The zero-order valence-electron chi connectivity index (χ0n) is 11.4. The van der Waals surface area contributed by atoms with E-state index in [1.165, 1.54) is 41.4 Å². The molecule has 0 saturated carbocycles. The third-order valence-electron chi connectivity index (χ3n) is 3.86. The van der Waals surface area contributed by atoms with E-state index >= 15 is 0 Å². The molecule has 0 spiro atoms. The molecule has 1 aliphatic heterocycles. The Morgan fingerprint density at radius 3 is 2.45 bits per heavy atom. The van der Waals surface area contributed by atoms with Gasteiger partial charge in [0.15, 0.2) is 0 Å². The van der Waals surface area contributed by atoms with Crippen LogP contribution < -0.4 is 0 Å². The summed E-state index contributed by atoms with van der Waals surface area (Å²) in [4.78, 5) is 4.22. The minimum Gasteiger partial charge on any atom is -0.143 e. The van der Waals surface area contributed by atoms with Crippen molar-refractivity contribution in [3.05, 3.63) is 59.3 Å². The van der Waals surface area contributed by atoms with Crippen LogP contribution in [0.5, 0.6) is 0 Å². The molecule has 0 nitrogen and oxygen atoms in total. The first kappa shape index (κ1) is 13.3. The second-order valence-corrected chi connectivity index (χ2v) is 9.09. The highest BCUT2D eigenvalue weighted by molar-refractivity contribution is 8.77. The quantitative estimate of drug-likeness (QED) is 0.326. The van der Waals surface area contributed by atoms with Crippen LogP contribution in [0, 0.1) is 0 Å². The highest BCUT2D eigenvalue weighted by Crippen LogP contribution is 2.57. The Bertz CT molecular complexity index is 993. The third kappa shape index (κ3) is 1.91. The smallest absolute Gasteiger partial charge is 0.0508 e. The van der Waals surface area contributed by atoms with Gasteiger partial charge in [-0.3, -0.25) is 0 Å². The fraction of sp³-hybridized carbons (Fsp3) is 0. The molecule has 0 atom stereocenters. The summed E-state index contributed by atoms with van der Waals surface area (Å²) in [7, 11) is 3.78. The summed E-state index contributed by atoms with van der Waals surface area (Å²) in [6, 6.07) is 17.4. The number of hydrogen-bond donors (Lipinski definition) is 0. The zero-order chi connectivity index (χ0) is 14.5. The van der Waals surface area contributed by atoms with Crippen LogP contribution in [0.3, 0.4) is 0 Å². The highest BCUT2D eigenvalue weighted by Gasteiger charge is 2.23.